The molecule has 2 rings (SSSR count). The molecule has 1 heterocycles. The fourth-order valence-electron chi connectivity index (χ4n) is 2.95. The number of nitrogens with zero attached hydrogens (tertiary/aromatic N) is 2. The van der Waals surface area contributed by atoms with Crippen LogP contribution in [0.4, 0.5) is 5.69 Å². The molecule has 5 heteroatoms. The Morgan fingerprint density at radius 3 is 2.73 bits per heavy atom. The van der Waals surface area contributed by atoms with E-state index in [4.69, 9.17) is 0 Å². The van der Waals surface area contributed by atoms with Gasteiger partial charge in [-0.2, -0.15) is 0 Å². The minimum absolute atomic E-state index is 0.0371. The maximum atomic E-state index is 12.7. The number of benzene rings is 1. The van der Waals surface area contributed by atoms with Crippen molar-refractivity contribution in [3.05, 3.63) is 30.3 Å². The van der Waals surface area contributed by atoms with Gasteiger partial charge in [-0.15, -0.1) is 0 Å². The van der Waals surface area contributed by atoms with Gasteiger partial charge < -0.3 is 15.1 Å². The van der Waals surface area contributed by atoms with Crippen molar-refractivity contribution in [1.82, 2.24) is 10.2 Å². The zero-order chi connectivity index (χ0) is 15.9. The molecule has 120 valence electrons. The summed E-state index contributed by atoms with van der Waals surface area (Å²) >= 11 is 0. The monoisotopic (exact) mass is 303 g/mol. The number of nitrogens with one attached hydrogen (secondary N) is 1. The third kappa shape index (κ3) is 3.65. The van der Waals surface area contributed by atoms with Crippen LogP contribution in [0.25, 0.3) is 0 Å². The number of likely N-dealkylation sites (N-methyl/N-ethyl adjacent to an activating group) is 1. The van der Waals surface area contributed by atoms with Crippen LogP contribution < -0.4 is 10.2 Å². The van der Waals surface area contributed by atoms with E-state index in [1.165, 1.54) is 0 Å². The van der Waals surface area contributed by atoms with Gasteiger partial charge in [0.25, 0.3) is 0 Å². The number of hydrogen-bond donors (Lipinski definition) is 1. The van der Waals surface area contributed by atoms with Crippen molar-refractivity contribution in [2.45, 2.75) is 32.2 Å². The zero-order valence-electron chi connectivity index (χ0n) is 13.4. The minimum atomic E-state index is -0.313. The van der Waals surface area contributed by atoms with Gasteiger partial charge >= 0.3 is 0 Å². The highest BCUT2D eigenvalue weighted by atomic mass is 16.2. The first-order valence-electron chi connectivity index (χ1n) is 7.99. The highest BCUT2D eigenvalue weighted by Gasteiger charge is 2.37. The van der Waals surface area contributed by atoms with Gasteiger partial charge in [0, 0.05) is 25.2 Å². The number of amides is 2. The molecule has 0 radical (unpaired) electrons. The molecule has 2 amide bonds. The topological polar surface area (TPSA) is 52.7 Å². The lowest BCUT2D eigenvalue weighted by molar-refractivity contribution is -0.138. The Kier molecular flexibility index (Phi) is 5.95. The molecular weight excluding hydrogens is 278 g/mol. The molecule has 1 atom stereocenters. The van der Waals surface area contributed by atoms with E-state index in [0.717, 1.165) is 18.7 Å². The van der Waals surface area contributed by atoms with Gasteiger partial charge in [-0.1, -0.05) is 18.2 Å². The molecule has 22 heavy (non-hydrogen) atoms. The SMILES string of the molecule is CCN(C(=O)CCCNC)C1CCN(c2ccccc2)C1=O. The van der Waals surface area contributed by atoms with Crippen molar-refractivity contribution in [1.29, 1.82) is 0 Å². The molecule has 1 saturated heterocycles. The average Bonchev–Trinajstić information content (AvgIpc) is 2.91. The fourth-order valence-corrected chi connectivity index (χ4v) is 2.95. The summed E-state index contributed by atoms with van der Waals surface area (Å²) in [4.78, 5) is 28.5. The summed E-state index contributed by atoms with van der Waals surface area (Å²) in [6.45, 7) is 4.01. The van der Waals surface area contributed by atoms with Crippen molar-refractivity contribution in [3.63, 3.8) is 0 Å². The van der Waals surface area contributed by atoms with Crippen LogP contribution in [-0.4, -0.2) is 49.4 Å². The first-order chi connectivity index (χ1) is 10.7. The molecule has 1 aromatic carbocycles. The van der Waals surface area contributed by atoms with Crippen LogP contribution in [0.1, 0.15) is 26.2 Å². The first kappa shape index (κ1) is 16.5. The predicted molar refractivity (Wildman–Crippen MR) is 87.7 cm³/mol. The summed E-state index contributed by atoms with van der Waals surface area (Å²) in [7, 11) is 1.88. The Balaban J connectivity index is 2.02. The van der Waals surface area contributed by atoms with Crippen LogP contribution in [0.5, 0.6) is 0 Å². The standard InChI is InChI=1S/C17H25N3O2/c1-3-19(16(21)10-7-12-18-2)15-11-13-20(17(15)22)14-8-5-4-6-9-14/h4-6,8-9,15,18H,3,7,10-13H2,1-2H3. The lowest BCUT2D eigenvalue weighted by Gasteiger charge is -2.27. The molecule has 1 aromatic rings. The van der Waals surface area contributed by atoms with E-state index in [-0.39, 0.29) is 17.9 Å². The zero-order valence-corrected chi connectivity index (χ0v) is 13.4. The van der Waals surface area contributed by atoms with Crippen LogP contribution in [0, 0.1) is 0 Å². The molecule has 0 aliphatic carbocycles. The Bertz CT molecular complexity index is 504. The highest BCUT2D eigenvalue weighted by Crippen LogP contribution is 2.24. The quantitative estimate of drug-likeness (QED) is 0.779. The lowest BCUT2D eigenvalue weighted by Crippen LogP contribution is -2.45. The van der Waals surface area contributed by atoms with Gasteiger partial charge in [-0.3, -0.25) is 9.59 Å². The van der Waals surface area contributed by atoms with E-state index < -0.39 is 0 Å². The molecule has 1 aliphatic heterocycles. The van der Waals surface area contributed by atoms with Gasteiger partial charge in [0.1, 0.15) is 6.04 Å². The molecule has 1 fully saturated rings. The smallest absolute Gasteiger partial charge is 0.249 e. The largest absolute Gasteiger partial charge is 0.331 e. The van der Waals surface area contributed by atoms with Crippen molar-refractivity contribution >= 4 is 17.5 Å². The average molecular weight is 303 g/mol. The van der Waals surface area contributed by atoms with E-state index in [2.05, 4.69) is 5.32 Å². The van der Waals surface area contributed by atoms with Crippen LogP contribution in [0.15, 0.2) is 30.3 Å². The molecule has 1 unspecified atom stereocenters. The number of carbonyl (C=O) groups excluding carboxylic acids is 2. The molecule has 1 aliphatic rings. The molecule has 1 N–H and O–H groups in total. The van der Waals surface area contributed by atoms with Gasteiger partial charge in [-0.25, -0.2) is 0 Å². The van der Waals surface area contributed by atoms with Crippen LogP contribution >= 0.6 is 0 Å². The second-order valence-electron chi connectivity index (χ2n) is 5.52. The molecule has 0 bridgehead atoms. The molecule has 0 spiro atoms. The highest BCUT2D eigenvalue weighted by molar-refractivity contribution is 6.01. The number of rotatable bonds is 7. The first-order valence-corrected chi connectivity index (χ1v) is 7.99. The minimum Gasteiger partial charge on any atom is -0.331 e. The molecule has 5 nitrogen and oxygen atoms in total. The van der Waals surface area contributed by atoms with E-state index >= 15 is 0 Å². The van der Waals surface area contributed by atoms with Crippen LogP contribution in [0.2, 0.25) is 0 Å². The number of hydrogen-bond acceptors (Lipinski definition) is 3. The Morgan fingerprint density at radius 1 is 1.36 bits per heavy atom. The summed E-state index contributed by atoms with van der Waals surface area (Å²) in [5.74, 6) is 0.112. The van der Waals surface area contributed by atoms with E-state index in [9.17, 15) is 9.59 Å². The van der Waals surface area contributed by atoms with Gasteiger partial charge in [-0.05, 0) is 45.5 Å². The summed E-state index contributed by atoms with van der Waals surface area (Å²) in [6.07, 6.45) is 2.00. The van der Waals surface area contributed by atoms with E-state index in [1.54, 1.807) is 9.80 Å². The number of carbonyl (C=O) groups is 2. The van der Waals surface area contributed by atoms with Gasteiger partial charge in [0.2, 0.25) is 11.8 Å². The molecule has 0 aromatic heterocycles. The predicted octanol–water partition coefficient (Wildman–Crippen LogP) is 1.64. The Hall–Kier alpha value is -1.88. The Morgan fingerprint density at radius 2 is 2.09 bits per heavy atom. The molecular formula is C17H25N3O2. The second-order valence-corrected chi connectivity index (χ2v) is 5.52. The maximum Gasteiger partial charge on any atom is 0.249 e. The summed E-state index contributed by atoms with van der Waals surface area (Å²) < 4.78 is 0. The Labute approximate surface area is 132 Å². The summed E-state index contributed by atoms with van der Waals surface area (Å²) in [6, 6.07) is 9.35. The van der Waals surface area contributed by atoms with Crippen LogP contribution in [0.3, 0.4) is 0 Å². The lowest BCUT2D eigenvalue weighted by atomic mass is 10.1. The number of anilines is 1. The number of para-hydroxylation sites is 1. The van der Waals surface area contributed by atoms with Crippen molar-refractivity contribution in [2.24, 2.45) is 0 Å². The summed E-state index contributed by atoms with van der Waals surface area (Å²) in [5, 5.41) is 3.04. The van der Waals surface area contributed by atoms with Crippen molar-refractivity contribution < 1.29 is 9.59 Å². The van der Waals surface area contributed by atoms with Gasteiger partial charge in [0.05, 0.1) is 0 Å². The van der Waals surface area contributed by atoms with Crippen LogP contribution in [-0.2, 0) is 9.59 Å². The maximum absolute atomic E-state index is 12.7. The fraction of sp³-hybridized carbons (Fsp3) is 0.529. The van der Waals surface area contributed by atoms with E-state index in [0.29, 0.717) is 25.9 Å². The van der Waals surface area contributed by atoms with Crippen molar-refractivity contribution in [2.75, 3.05) is 31.6 Å². The van der Waals surface area contributed by atoms with E-state index in [1.807, 2.05) is 44.3 Å². The molecule has 0 saturated carbocycles. The van der Waals surface area contributed by atoms with Gasteiger partial charge in [0.15, 0.2) is 0 Å². The third-order valence-electron chi connectivity index (χ3n) is 4.10. The summed E-state index contributed by atoms with van der Waals surface area (Å²) in [5.41, 5.74) is 0.911. The third-order valence-corrected chi connectivity index (χ3v) is 4.10. The second kappa shape index (κ2) is 7.94. The normalized spacial score (nSPS) is 17.8. The van der Waals surface area contributed by atoms with Crippen molar-refractivity contribution in [3.8, 4) is 0 Å².